The van der Waals surface area contributed by atoms with Crippen molar-refractivity contribution in [3.05, 3.63) is 54.1 Å². The van der Waals surface area contributed by atoms with Gasteiger partial charge in [0.15, 0.2) is 6.10 Å². The molecule has 0 aromatic heterocycles. The summed E-state index contributed by atoms with van der Waals surface area (Å²) in [6.45, 7) is 7.31. The number of benzene rings is 2. The van der Waals surface area contributed by atoms with Crippen LogP contribution in [0.4, 0.5) is 11.4 Å². The van der Waals surface area contributed by atoms with E-state index < -0.39 is 6.10 Å². The van der Waals surface area contributed by atoms with E-state index in [-0.39, 0.29) is 17.7 Å². The monoisotopic (exact) mass is 340 g/mol. The van der Waals surface area contributed by atoms with Gasteiger partial charge < -0.3 is 15.4 Å². The summed E-state index contributed by atoms with van der Waals surface area (Å²) < 4.78 is 5.67. The molecule has 0 aliphatic heterocycles. The third-order valence-electron chi connectivity index (χ3n) is 3.59. The first kappa shape index (κ1) is 18.5. The highest BCUT2D eigenvalue weighted by Gasteiger charge is 2.15. The van der Waals surface area contributed by atoms with E-state index in [0.717, 1.165) is 5.56 Å². The highest BCUT2D eigenvalue weighted by Crippen LogP contribution is 2.18. The van der Waals surface area contributed by atoms with Gasteiger partial charge in [-0.3, -0.25) is 9.59 Å². The fourth-order valence-electron chi connectivity index (χ4n) is 2.15. The summed E-state index contributed by atoms with van der Waals surface area (Å²) in [7, 11) is 0. The lowest BCUT2D eigenvalue weighted by atomic mass is 10.2. The van der Waals surface area contributed by atoms with Gasteiger partial charge in [0.1, 0.15) is 5.75 Å². The van der Waals surface area contributed by atoms with Crippen LogP contribution >= 0.6 is 0 Å². The molecule has 0 heterocycles. The summed E-state index contributed by atoms with van der Waals surface area (Å²) in [6.07, 6.45) is -0.643. The third-order valence-corrected chi connectivity index (χ3v) is 3.59. The second kappa shape index (κ2) is 8.33. The van der Waals surface area contributed by atoms with Crippen LogP contribution in [0.25, 0.3) is 0 Å². The number of rotatable bonds is 6. The van der Waals surface area contributed by atoms with Crippen LogP contribution in [0.3, 0.4) is 0 Å². The molecule has 5 nitrogen and oxygen atoms in total. The molecule has 0 aliphatic rings. The lowest BCUT2D eigenvalue weighted by molar-refractivity contribution is -0.122. The van der Waals surface area contributed by atoms with E-state index in [0.29, 0.717) is 17.1 Å². The van der Waals surface area contributed by atoms with E-state index in [9.17, 15) is 9.59 Å². The van der Waals surface area contributed by atoms with Gasteiger partial charge in [0.05, 0.1) is 0 Å². The van der Waals surface area contributed by atoms with Crippen molar-refractivity contribution in [2.45, 2.75) is 33.8 Å². The molecule has 0 radical (unpaired) electrons. The molecule has 0 bridgehead atoms. The molecule has 0 saturated heterocycles. The van der Waals surface area contributed by atoms with E-state index in [4.69, 9.17) is 4.74 Å². The Balaban J connectivity index is 1.98. The Labute approximate surface area is 148 Å². The maximum atomic E-state index is 12.3. The number of amides is 2. The van der Waals surface area contributed by atoms with Crippen LogP contribution in [0.2, 0.25) is 0 Å². The maximum absolute atomic E-state index is 12.3. The Kier molecular flexibility index (Phi) is 6.17. The number of anilines is 2. The fourth-order valence-corrected chi connectivity index (χ4v) is 2.15. The standard InChI is InChI=1S/C20H24N2O3/c1-13(2)19(23)21-16-8-6-9-17(12-16)22-20(24)15(4)25-18-10-5-7-14(3)11-18/h5-13,15H,1-4H3,(H,21,23)(H,22,24). The second-order valence-corrected chi connectivity index (χ2v) is 6.29. The predicted octanol–water partition coefficient (Wildman–Crippen LogP) is 4.00. The minimum Gasteiger partial charge on any atom is -0.481 e. The number of hydrogen-bond donors (Lipinski definition) is 2. The van der Waals surface area contributed by atoms with Gasteiger partial charge in [-0.15, -0.1) is 0 Å². The molecule has 1 unspecified atom stereocenters. The Morgan fingerprint density at radius 2 is 1.48 bits per heavy atom. The molecule has 2 aromatic rings. The van der Waals surface area contributed by atoms with Crippen molar-refractivity contribution in [3.8, 4) is 5.75 Å². The first-order valence-electron chi connectivity index (χ1n) is 8.30. The van der Waals surface area contributed by atoms with Crippen LogP contribution in [0.1, 0.15) is 26.3 Å². The van der Waals surface area contributed by atoms with E-state index >= 15 is 0 Å². The molecule has 2 N–H and O–H groups in total. The Morgan fingerprint density at radius 3 is 2.08 bits per heavy atom. The summed E-state index contributed by atoms with van der Waals surface area (Å²) in [6, 6.07) is 14.6. The number of hydrogen-bond acceptors (Lipinski definition) is 3. The number of carbonyl (C=O) groups is 2. The lowest BCUT2D eigenvalue weighted by Crippen LogP contribution is -2.30. The molecule has 0 aliphatic carbocycles. The molecule has 132 valence electrons. The topological polar surface area (TPSA) is 67.4 Å². The molecule has 0 spiro atoms. The average molecular weight is 340 g/mol. The lowest BCUT2D eigenvalue weighted by Gasteiger charge is -2.16. The normalized spacial score (nSPS) is 11.7. The van der Waals surface area contributed by atoms with Gasteiger partial charge in [0.2, 0.25) is 5.91 Å². The summed E-state index contributed by atoms with van der Waals surface area (Å²) in [4.78, 5) is 24.1. The van der Waals surface area contributed by atoms with E-state index in [1.54, 1.807) is 31.2 Å². The zero-order valence-corrected chi connectivity index (χ0v) is 15.0. The quantitative estimate of drug-likeness (QED) is 0.835. The van der Waals surface area contributed by atoms with Crippen molar-refractivity contribution in [2.24, 2.45) is 5.92 Å². The first-order valence-corrected chi connectivity index (χ1v) is 8.30. The summed E-state index contributed by atoms with van der Waals surface area (Å²) in [5, 5.41) is 5.61. The van der Waals surface area contributed by atoms with Crippen molar-refractivity contribution in [1.82, 2.24) is 0 Å². The highest BCUT2D eigenvalue weighted by atomic mass is 16.5. The van der Waals surface area contributed by atoms with Crippen molar-refractivity contribution >= 4 is 23.2 Å². The van der Waals surface area contributed by atoms with Crippen LogP contribution in [0, 0.1) is 12.8 Å². The molecular weight excluding hydrogens is 316 g/mol. The minimum absolute atomic E-state index is 0.0698. The van der Waals surface area contributed by atoms with Crippen LogP contribution in [0.5, 0.6) is 5.75 Å². The maximum Gasteiger partial charge on any atom is 0.265 e. The Hall–Kier alpha value is -2.82. The van der Waals surface area contributed by atoms with Crippen molar-refractivity contribution in [2.75, 3.05) is 10.6 Å². The predicted molar refractivity (Wildman–Crippen MR) is 99.8 cm³/mol. The molecule has 1 atom stereocenters. The van der Waals surface area contributed by atoms with Gasteiger partial charge in [0.25, 0.3) is 5.91 Å². The van der Waals surface area contributed by atoms with Gasteiger partial charge in [0, 0.05) is 17.3 Å². The van der Waals surface area contributed by atoms with Gasteiger partial charge in [-0.2, -0.15) is 0 Å². The molecule has 2 rings (SSSR count). The van der Waals surface area contributed by atoms with Crippen LogP contribution in [0.15, 0.2) is 48.5 Å². The first-order chi connectivity index (χ1) is 11.8. The SMILES string of the molecule is Cc1cccc(OC(C)C(=O)Nc2cccc(NC(=O)C(C)C)c2)c1. The highest BCUT2D eigenvalue weighted by molar-refractivity contribution is 5.96. The summed E-state index contributed by atoms with van der Waals surface area (Å²) in [5.41, 5.74) is 2.31. The summed E-state index contributed by atoms with van der Waals surface area (Å²) >= 11 is 0. The number of carbonyl (C=O) groups excluding carboxylic acids is 2. The van der Waals surface area contributed by atoms with Crippen LogP contribution in [-0.4, -0.2) is 17.9 Å². The minimum atomic E-state index is -0.643. The largest absolute Gasteiger partial charge is 0.481 e. The van der Waals surface area contributed by atoms with Crippen molar-refractivity contribution < 1.29 is 14.3 Å². The van der Waals surface area contributed by atoms with Gasteiger partial charge in [-0.1, -0.05) is 32.0 Å². The van der Waals surface area contributed by atoms with Gasteiger partial charge in [-0.05, 0) is 49.7 Å². The van der Waals surface area contributed by atoms with E-state index in [2.05, 4.69) is 10.6 Å². The van der Waals surface area contributed by atoms with E-state index in [1.807, 2.05) is 45.0 Å². The van der Waals surface area contributed by atoms with Crippen LogP contribution < -0.4 is 15.4 Å². The van der Waals surface area contributed by atoms with Crippen molar-refractivity contribution in [3.63, 3.8) is 0 Å². The van der Waals surface area contributed by atoms with Gasteiger partial charge >= 0.3 is 0 Å². The van der Waals surface area contributed by atoms with Crippen LogP contribution in [-0.2, 0) is 9.59 Å². The fraction of sp³-hybridized carbons (Fsp3) is 0.300. The molecular formula is C20H24N2O3. The third kappa shape index (κ3) is 5.64. The number of nitrogens with one attached hydrogen (secondary N) is 2. The Morgan fingerprint density at radius 1 is 0.880 bits per heavy atom. The van der Waals surface area contributed by atoms with E-state index in [1.165, 1.54) is 0 Å². The van der Waals surface area contributed by atoms with Crippen molar-refractivity contribution in [1.29, 1.82) is 0 Å². The Bertz CT molecular complexity index is 756. The zero-order chi connectivity index (χ0) is 18.4. The molecule has 2 aromatic carbocycles. The summed E-state index contributed by atoms with van der Waals surface area (Å²) in [5.74, 6) is 0.218. The van der Waals surface area contributed by atoms with Gasteiger partial charge in [-0.25, -0.2) is 0 Å². The molecule has 2 amide bonds. The average Bonchev–Trinajstić information content (AvgIpc) is 2.55. The zero-order valence-electron chi connectivity index (χ0n) is 15.0. The molecule has 25 heavy (non-hydrogen) atoms. The molecule has 5 heteroatoms. The number of aryl methyl sites for hydroxylation is 1. The number of ether oxygens (including phenoxy) is 1. The molecule has 0 fully saturated rings. The molecule has 0 saturated carbocycles. The second-order valence-electron chi connectivity index (χ2n) is 6.29. The smallest absolute Gasteiger partial charge is 0.265 e.